The molecule has 0 aliphatic carbocycles. The second kappa shape index (κ2) is 8.25. The minimum atomic E-state index is -0.000136. The number of amides is 1. The lowest BCUT2D eigenvalue weighted by Crippen LogP contribution is -2.45. The molecule has 1 fully saturated rings. The van der Waals surface area contributed by atoms with Crippen molar-refractivity contribution in [3.05, 3.63) is 23.8 Å². The van der Waals surface area contributed by atoms with E-state index in [0.29, 0.717) is 29.5 Å². The van der Waals surface area contributed by atoms with Crippen LogP contribution in [0.25, 0.3) is 0 Å². The second-order valence-corrected chi connectivity index (χ2v) is 5.58. The monoisotopic (exact) mass is 328 g/mol. The van der Waals surface area contributed by atoms with E-state index < -0.39 is 0 Å². The van der Waals surface area contributed by atoms with E-state index in [1.54, 1.807) is 32.4 Å². The number of nitrogens with two attached hydrogens (primary N) is 1. The van der Waals surface area contributed by atoms with Gasteiger partial charge >= 0.3 is 0 Å². The fourth-order valence-electron chi connectivity index (χ4n) is 2.77. The SMILES string of the molecule is COc1ccc(C(=O)N2CCCC(C(C)N)C2)c(OC)c1.Cl. The van der Waals surface area contributed by atoms with E-state index in [-0.39, 0.29) is 24.4 Å². The summed E-state index contributed by atoms with van der Waals surface area (Å²) in [5.74, 6) is 1.59. The molecule has 22 heavy (non-hydrogen) atoms. The van der Waals surface area contributed by atoms with Crippen molar-refractivity contribution in [2.75, 3.05) is 27.3 Å². The van der Waals surface area contributed by atoms with Gasteiger partial charge in [0.1, 0.15) is 11.5 Å². The minimum absolute atomic E-state index is 0. The Kier molecular flexibility index (Phi) is 6.97. The first-order valence-corrected chi connectivity index (χ1v) is 7.33. The summed E-state index contributed by atoms with van der Waals surface area (Å²) < 4.78 is 10.5. The summed E-state index contributed by atoms with van der Waals surface area (Å²) in [4.78, 5) is 14.6. The highest BCUT2D eigenvalue weighted by molar-refractivity contribution is 5.97. The van der Waals surface area contributed by atoms with Gasteiger partial charge in [0.2, 0.25) is 0 Å². The molecule has 1 amide bonds. The van der Waals surface area contributed by atoms with Gasteiger partial charge in [-0.2, -0.15) is 0 Å². The van der Waals surface area contributed by atoms with Gasteiger partial charge in [-0.1, -0.05) is 0 Å². The van der Waals surface area contributed by atoms with Crippen LogP contribution in [0.2, 0.25) is 0 Å². The van der Waals surface area contributed by atoms with E-state index in [1.807, 2.05) is 11.8 Å². The maximum absolute atomic E-state index is 12.7. The van der Waals surface area contributed by atoms with Crippen molar-refractivity contribution in [2.45, 2.75) is 25.8 Å². The molecule has 0 spiro atoms. The zero-order chi connectivity index (χ0) is 15.4. The first kappa shape index (κ1) is 18.6. The normalized spacial score (nSPS) is 19.1. The molecule has 1 saturated heterocycles. The van der Waals surface area contributed by atoms with Gasteiger partial charge in [0, 0.05) is 25.2 Å². The van der Waals surface area contributed by atoms with Crippen LogP contribution in [0.15, 0.2) is 18.2 Å². The number of methoxy groups -OCH3 is 2. The van der Waals surface area contributed by atoms with Crippen molar-refractivity contribution in [3.63, 3.8) is 0 Å². The first-order valence-electron chi connectivity index (χ1n) is 7.33. The number of likely N-dealkylation sites (tertiary alicyclic amines) is 1. The molecule has 0 bridgehead atoms. The fraction of sp³-hybridized carbons (Fsp3) is 0.562. The molecule has 0 aromatic heterocycles. The molecule has 2 rings (SSSR count). The zero-order valence-electron chi connectivity index (χ0n) is 13.4. The molecule has 1 aliphatic heterocycles. The summed E-state index contributed by atoms with van der Waals surface area (Å²) >= 11 is 0. The molecule has 1 aliphatic rings. The maximum Gasteiger partial charge on any atom is 0.257 e. The number of halogens is 1. The number of hydrogen-bond acceptors (Lipinski definition) is 4. The van der Waals surface area contributed by atoms with Crippen LogP contribution < -0.4 is 15.2 Å². The van der Waals surface area contributed by atoms with Crippen LogP contribution in [0.5, 0.6) is 11.5 Å². The molecule has 0 saturated carbocycles. The van der Waals surface area contributed by atoms with Crippen molar-refractivity contribution in [1.29, 1.82) is 0 Å². The summed E-state index contributed by atoms with van der Waals surface area (Å²) in [5, 5.41) is 0. The molecular weight excluding hydrogens is 304 g/mol. The van der Waals surface area contributed by atoms with E-state index in [1.165, 1.54) is 0 Å². The van der Waals surface area contributed by atoms with Crippen LogP contribution in [0, 0.1) is 5.92 Å². The third kappa shape index (κ3) is 4.05. The highest BCUT2D eigenvalue weighted by Crippen LogP contribution is 2.27. The van der Waals surface area contributed by atoms with Gasteiger partial charge in [0.15, 0.2) is 0 Å². The third-order valence-corrected chi connectivity index (χ3v) is 4.13. The molecule has 2 N–H and O–H groups in total. The summed E-state index contributed by atoms with van der Waals surface area (Å²) in [7, 11) is 3.15. The van der Waals surface area contributed by atoms with Gasteiger partial charge < -0.3 is 20.1 Å². The Morgan fingerprint density at radius 3 is 2.68 bits per heavy atom. The van der Waals surface area contributed by atoms with Gasteiger partial charge in [0.05, 0.1) is 19.8 Å². The molecule has 1 aromatic carbocycles. The lowest BCUT2D eigenvalue weighted by atomic mass is 9.92. The molecule has 6 heteroatoms. The van der Waals surface area contributed by atoms with Gasteiger partial charge in [-0.15, -0.1) is 12.4 Å². The second-order valence-electron chi connectivity index (χ2n) is 5.58. The summed E-state index contributed by atoms with van der Waals surface area (Å²) in [6.07, 6.45) is 2.08. The van der Waals surface area contributed by atoms with Crippen LogP contribution >= 0.6 is 12.4 Å². The van der Waals surface area contributed by atoms with E-state index in [9.17, 15) is 4.79 Å². The number of carbonyl (C=O) groups is 1. The van der Waals surface area contributed by atoms with Gasteiger partial charge in [-0.25, -0.2) is 0 Å². The Hall–Kier alpha value is -1.46. The molecule has 2 atom stereocenters. The zero-order valence-corrected chi connectivity index (χ0v) is 14.2. The van der Waals surface area contributed by atoms with Crippen LogP contribution in [0.4, 0.5) is 0 Å². The summed E-state index contributed by atoms with van der Waals surface area (Å²) in [6.45, 7) is 3.50. The van der Waals surface area contributed by atoms with Gasteiger partial charge in [-0.3, -0.25) is 4.79 Å². The molecule has 124 valence electrons. The number of nitrogens with zero attached hydrogens (tertiary/aromatic N) is 1. The topological polar surface area (TPSA) is 64.8 Å². The molecule has 0 radical (unpaired) electrons. The predicted octanol–water partition coefficient (Wildman–Crippen LogP) is 2.33. The smallest absolute Gasteiger partial charge is 0.257 e. The Balaban J connectivity index is 0.00000242. The summed E-state index contributed by atoms with van der Waals surface area (Å²) in [5.41, 5.74) is 6.56. The molecule has 1 heterocycles. The van der Waals surface area contributed by atoms with E-state index in [0.717, 1.165) is 19.4 Å². The Morgan fingerprint density at radius 1 is 1.36 bits per heavy atom. The van der Waals surface area contributed by atoms with Gasteiger partial charge in [0.25, 0.3) is 5.91 Å². The summed E-state index contributed by atoms with van der Waals surface area (Å²) in [6, 6.07) is 5.39. The van der Waals surface area contributed by atoms with E-state index in [2.05, 4.69) is 0 Å². The van der Waals surface area contributed by atoms with Crippen molar-refractivity contribution in [3.8, 4) is 11.5 Å². The quantitative estimate of drug-likeness (QED) is 0.921. The van der Waals surface area contributed by atoms with Crippen LogP contribution in [-0.4, -0.2) is 44.2 Å². The fourth-order valence-corrected chi connectivity index (χ4v) is 2.77. The number of carbonyl (C=O) groups excluding carboxylic acids is 1. The van der Waals surface area contributed by atoms with Crippen molar-refractivity contribution in [1.82, 2.24) is 4.90 Å². The first-order chi connectivity index (χ1) is 10.1. The van der Waals surface area contributed by atoms with Crippen LogP contribution in [0.3, 0.4) is 0 Å². The van der Waals surface area contributed by atoms with Crippen molar-refractivity contribution < 1.29 is 14.3 Å². The predicted molar refractivity (Wildman–Crippen MR) is 89.1 cm³/mol. The Bertz CT molecular complexity index is 508. The number of piperidine rings is 1. The highest BCUT2D eigenvalue weighted by Gasteiger charge is 2.27. The van der Waals surface area contributed by atoms with Crippen LogP contribution in [0.1, 0.15) is 30.1 Å². The molecule has 5 nitrogen and oxygen atoms in total. The van der Waals surface area contributed by atoms with E-state index in [4.69, 9.17) is 15.2 Å². The lowest BCUT2D eigenvalue weighted by molar-refractivity contribution is 0.0657. The Morgan fingerprint density at radius 2 is 2.09 bits per heavy atom. The highest BCUT2D eigenvalue weighted by atomic mass is 35.5. The van der Waals surface area contributed by atoms with Gasteiger partial charge in [-0.05, 0) is 37.8 Å². The Labute approximate surface area is 138 Å². The van der Waals surface area contributed by atoms with Crippen LogP contribution in [-0.2, 0) is 0 Å². The van der Waals surface area contributed by atoms with Crippen molar-refractivity contribution in [2.24, 2.45) is 11.7 Å². The third-order valence-electron chi connectivity index (χ3n) is 4.13. The average molecular weight is 329 g/mol. The largest absolute Gasteiger partial charge is 0.497 e. The number of ether oxygens (including phenoxy) is 2. The number of benzene rings is 1. The average Bonchev–Trinajstić information content (AvgIpc) is 2.53. The van der Waals surface area contributed by atoms with Crippen molar-refractivity contribution >= 4 is 18.3 Å². The minimum Gasteiger partial charge on any atom is -0.497 e. The molecule has 1 aromatic rings. The number of rotatable bonds is 4. The lowest BCUT2D eigenvalue weighted by Gasteiger charge is -2.34. The van der Waals surface area contributed by atoms with E-state index >= 15 is 0 Å². The number of hydrogen-bond donors (Lipinski definition) is 1. The molecule has 2 unspecified atom stereocenters. The molecular formula is C16H25ClN2O3. The maximum atomic E-state index is 12.7. The standard InChI is InChI=1S/C16H24N2O3.ClH/c1-11(17)12-5-4-8-18(10-12)16(19)14-7-6-13(20-2)9-15(14)21-3;/h6-7,9,11-12H,4-5,8,10,17H2,1-3H3;1H.